The molecule has 2 N–H and O–H groups in total. The summed E-state index contributed by atoms with van der Waals surface area (Å²) in [4.78, 5) is 52.3. The van der Waals surface area contributed by atoms with Crippen molar-refractivity contribution in [2.45, 2.75) is 78.3 Å². The lowest BCUT2D eigenvalue weighted by molar-refractivity contribution is -0.168. The van der Waals surface area contributed by atoms with Gasteiger partial charge in [-0.25, -0.2) is 4.79 Å². The maximum atomic E-state index is 14.0. The number of hydrogen-bond acceptors (Lipinski definition) is 8. The Labute approximate surface area is 217 Å². The molecule has 8 heteroatoms. The van der Waals surface area contributed by atoms with Gasteiger partial charge in [0.1, 0.15) is 11.9 Å². The fourth-order valence-electron chi connectivity index (χ4n) is 5.20. The number of fused-ring (bicyclic) bond motifs is 1. The second-order valence-electron chi connectivity index (χ2n) is 10.8. The Bertz CT molecular complexity index is 1130. The molecular weight excluding hydrogens is 476 g/mol. The largest absolute Gasteiger partial charge is 0.458 e. The lowest BCUT2D eigenvalue weighted by Gasteiger charge is -2.36. The minimum absolute atomic E-state index is 0.0618. The molecule has 37 heavy (non-hydrogen) atoms. The zero-order valence-electron chi connectivity index (χ0n) is 22.2. The Morgan fingerprint density at radius 2 is 1.65 bits per heavy atom. The van der Waals surface area contributed by atoms with E-state index in [1.807, 2.05) is 0 Å². The molecule has 1 aromatic carbocycles. The topological polar surface area (TPSA) is 127 Å². The van der Waals surface area contributed by atoms with Crippen LogP contribution in [0.25, 0.3) is 0 Å². The molecular formula is C29H36O8. The molecule has 0 unspecified atom stereocenters. The van der Waals surface area contributed by atoms with Crippen molar-refractivity contribution in [1.82, 2.24) is 0 Å². The second-order valence-corrected chi connectivity index (χ2v) is 10.8. The molecule has 0 spiro atoms. The van der Waals surface area contributed by atoms with Crippen molar-refractivity contribution in [2.75, 3.05) is 0 Å². The summed E-state index contributed by atoms with van der Waals surface area (Å²) in [6.07, 6.45) is -0.722. The molecule has 0 heterocycles. The van der Waals surface area contributed by atoms with E-state index in [0.717, 1.165) is 0 Å². The molecule has 1 aromatic rings. The van der Waals surface area contributed by atoms with Crippen LogP contribution in [0.4, 0.5) is 0 Å². The predicted octanol–water partition coefficient (Wildman–Crippen LogP) is 3.35. The van der Waals surface area contributed by atoms with Crippen LogP contribution in [0.5, 0.6) is 0 Å². The van der Waals surface area contributed by atoms with Crippen molar-refractivity contribution < 1.29 is 38.9 Å². The van der Waals surface area contributed by atoms with Gasteiger partial charge < -0.3 is 19.7 Å². The zero-order valence-corrected chi connectivity index (χ0v) is 22.2. The molecule has 0 radical (unpaired) electrons. The number of benzene rings is 1. The van der Waals surface area contributed by atoms with E-state index in [-0.39, 0.29) is 24.2 Å². The van der Waals surface area contributed by atoms with Crippen LogP contribution in [-0.2, 0) is 23.9 Å². The van der Waals surface area contributed by atoms with Crippen molar-refractivity contribution in [3.05, 3.63) is 59.2 Å². The van der Waals surface area contributed by atoms with Gasteiger partial charge in [0, 0.05) is 19.8 Å². The molecule has 3 rings (SSSR count). The van der Waals surface area contributed by atoms with E-state index in [4.69, 9.17) is 9.47 Å². The molecule has 0 aliphatic heterocycles. The van der Waals surface area contributed by atoms with Crippen LogP contribution in [0, 0.1) is 17.3 Å². The lowest BCUT2D eigenvalue weighted by Crippen LogP contribution is -2.49. The van der Waals surface area contributed by atoms with Gasteiger partial charge in [0.05, 0.1) is 29.1 Å². The number of esters is 2. The molecule has 2 aliphatic rings. The fourth-order valence-corrected chi connectivity index (χ4v) is 5.20. The van der Waals surface area contributed by atoms with Gasteiger partial charge in [-0.2, -0.15) is 0 Å². The standard InChI is InChI=1S/C29H36O8/c1-16-12-21-25(36-27(35)20-10-8-7-9-11-20)18(3)15-29(21,37-19(4)30)26(34)17(2)13-23(32)28(5,6)24(33)14-22(16)31/h7-13,18,21-23,25,31-32H,14-15H2,1-6H3/b16-12-,17-13+/t18-,21-,22+,23-,25-,29+/m0/s1. The van der Waals surface area contributed by atoms with Crippen LogP contribution in [0.15, 0.2) is 53.6 Å². The lowest BCUT2D eigenvalue weighted by atomic mass is 9.75. The molecule has 1 saturated carbocycles. The van der Waals surface area contributed by atoms with E-state index in [1.165, 1.54) is 19.9 Å². The third kappa shape index (κ3) is 5.60. The number of ketones is 2. The predicted molar refractivity (Wildman–Crippen MR) is 135 cm³/mol. The van der Waals surface area contributed by atoms with Gasteiger partial charge in [0.25, 0.3) is 0 Å². The van der Waals surface area contributed by atoms with Crippen molar-refractivity contribution in [1.29, 1.82) is 0 Å². The van der Waals surface area contributed by atoms with Gasteiger partial charge in [-0.1, -0.05) is 45.0 Å². The van der Waals surface area contributed by atoms with Gasteiger partial charge in [0.2, 0.25) is 5.78 Å². The molecule has 0 bridgehead atoms. The summed E-state index contributed by atoms with van der Waals surface area (Å²) < 4.78 is 11.7. The van der Waals surface area contributed by atoms with Crippen LogP contribution < -0.4 is 0 Å². The summed E-state index contributed by atoms with van der Waals surface area (Å²) in [5.41, 5.74) is -2.19. The molecule has 6 atom stereocenters. The molecule has 200 valence electrons. The van der Waals surface area contributed by atoms with Gasteiger partial charge >= 0.3 is 11.9 Å². The third-order valence-electron chi connectivity index (χ3n) is 7.61. The number of aliphatic hydroxyl groups is 2. The van der Waals surface area contributed by atoms with Crippen molar-refractivity contribution >= 4 is 23.5 Å². The monoisotopic (exact) mass is 512 g/mol. The number of carbonyl (C=O) groups is 4. The Morgan fingerprint density at radius 3 is 2.24 bits per heavy atom. The van der Waals surface area contributed by atoms with E-state index in [1.54, 1.807) is 64.1 Å². The maximum absolute atomic E-state index is 14.0. The first kappa shape index (κ1) is 28.5. The molecule has 0 aromatic heterocycles. The maximum Gasteiger partial charge on any atom is 0.338 e. The highest BCUT2D eigenvalue weighted by Crippen LogP contribution is 2.48. The first-order valence-corrected chi connectivity index (χ1v) is 12.5. The normalized spacial score (nSPS) is 35.1. The Hall–Kier alpha value is -3.10. The highest BCUT2D eigenvalue weighted by molar-refractivity contribution is 6.03. The van der Waals surface area contributed by atoms with Crippen LogP contribution in [0.3, 0.4) is 0 Å². The summed E-state index contributed by atoms with van der Waals surface area (Å²) in [6.45, 7) is 9.20. The average Bonchev–Trinajstić information content (AvgIpc) is 3.08. The quantitative estimate of drug-likeness (QED) is 0.466. The van der Waals surface area contributed by atoms with Crippen LogP contribution in [0.2, 0.25) is 0 Å². The SMILES string of the molecule is CC(=O)O[C@]12C[C@H](C)[C@H](OC(=O)c3ccccc3)[C@@H]1/C=C(/C)[C@H](O)CC(=O)C(C)(C)[C@@H](O)/C=C(\C)C2=O. The smallest absolute Gasteiger partial charge is 0.338 e. The summed E-state index contributed by atoms with van der Waals surface area (Å²) in [7, 11) is 0. The molecule has 8 nitrogen and oxygen atoms in total. The first-order chi connectivity index (χ1) is 17.2. The number of Topliss-reactive ketones (excluding diaryl/α,β-unsaturated/α-hetero) is 2. The van der Waals surface area contributed by atoms with Gasteiger partial charge in [-0.05, 0) is 49.1 Å². The van der Waals surface area contributed by atoms with E-state index in [9.17, 15) is 29.4 Å². The Morgan fingerprint density at radius 1 is 1.03 bits per heavy atom. The number of rotatable bonds is 3. The van der Waals surface area contributed by atoms with Gasteiger partial charge in [-0.15, -0.1) is 0 Å². The van der Waals surface area contributed by atoms with E-state index in [2.05, 4.69) is 0 Å². The minimum atomic E-state index is -1.73. The number of carbonyl (C=O) groups excluding carboxylic acids is 4. The van der Waals surface area contributed by atoms with Crippen LogP contribution in [0.1, 0.15) is 64.7 Å². The summed E-state index contributed by atoms with van der Waals surface area (Å²) in [5.74, 6) is -3.56. The van der Waals surface area contributed by atoms with E-state index in [0.29, 0.717) is 11.1 Å². The number of aliphatic hydroxyl groups excluding tert-OH is 2. The number of ether oxygens (including phenoxy) is 2. The van der Waals surface area contributed by atoms with Crippen LogP contribution in [-0.4, -0.2) is 57.6 Å². The molecule has 0 amide bonds. The molecule has 1 fully saturated rings. The third-order valence-corrected chi connectivity index (χ3v) is 7.61. The molecule has 0 saturated heterocycles. The minimum Gasteiger partial charge on any atom is -0.458 e. The zero-order chi connectivity index (χ0) is 27.7. The highest BCUT2D eigenvalue weighted by Gasteiger charge is 2.60. The van der Waals surface area contributed by atoms with Crippen molar-refractivity contribution in [2.24, 2.45) is 17.3 Å². The van der Waals surface area contributed by atoms with Gasteiger partial charge in [0.15, 0.2) is 5.60 Å². The average molecular weight is 513 g/mol. The summed E-state index contributed by atoms with van der Waals surface area (Å²) in [6, 6.07) is 8.40. The first-order valence-electron chi connectivity index (χ1n) is 12.5. The summed E-state index contributed by atoms with van der Waals surface area (Å²) in [5, 5.41) is 21.7. The van der Waals surface area contributed by atoms with E-state index < -0.39 is 58.9 Å². The number of hydrogen-bond donors (Lipinski definition) is 2. The fraction of sp³-hybridized carbons (Fsp3) is 0.517. The van der Waals surface area contributed by atoms with Gasteiger partial charge in [-0.3, -0.25) is 14.4 Å². The highest BCUT2D eigenvalue weighted by atomic mass is 16.6. The van der Waals surface area contributed by atoms with Crippen molar-refractivity contribution in [3.8, 4) is 0 Å². The Kier molecular flexibility index (Phi) is 8.24. The van der Waals surface area contributed by atoms with Crippen LogP contribution >= 0.6 is 0 Å². The molecule has 2 aliphatic carbocycles. The van der Waals surface area contributed by atoms with E-state index >= 15 is 0 Å². The summed E-state index contributed by atoms with van der Waals surface area (Å²) >= 11 is 0. The second kappa shape index (κ2) is 10.7. The Balaban J connectivity index is 2.19. The van der Waals surface area contributed by atoms with Crippen molar-refractivity contribution in [3.63, 3.8) is 0 Å².